The van der Waals surface area contributed by atoms with Gasteiger partial charge in [0.2, 0.25) is 5.91 Å². The van der Waals surface area contributed by atoms with Gasteiger partial charge in [-0.1, -0.05) is 17.7 Å². The second-order valence-electron chi connectivity index (χ2n) is 5.72. The minimum atomic E-state index is 0.161. The van der Waals surface area contributed by atoms with E-state index in [1.54, 1.807) is 0 Å². The summed E-state index contributed by atoms with van der Waals surface area (Å²) in [5.41, 5.74) is 1.24. The average Bonchev–Trinajstić information content (AvgIpc) is 2.97. The molecule has 0 saturated carbocycles. The lowest BCUT2D eigenvalue weighted by atomic mass is 10.1. The first-order valence-electron chi connectivity index (χ1n) is 7.93. The standard InChI is InChI=1S/C17H26N2O2/c1-14-6-8-16(9-7-14)21-12-3-2-10-19-17(20)13-15-5-4-11-18-15/h6-9,15,18H,2-5,10-13H2,1H3,(H,19,20). The molecule has 2 N–H and O–H groups in total. The van der Waals surface area contributed by atoms with Gasteiger partial charge in [0.25, 0.3) is 0 Å². The summed E-state index contributed by atoms with van der Waals surface area (Å²) in [6.07, 6.45) is 4.83. The maximum absolute atomic E-state index is 11.7. The highest BCUT2D eigenvalue weighted by atomic mass is 16.5. The molecule has 1 amide bonds. The van der Waals surface area contributed by atoms with Crippen molar-refractivity contribution in [3.8, 4) is 5.75 Å². The number of rotatable bonds is 8. The number of amides is 1. The summed E-state index contributed by atoms with van der Waals surface area (Å²) in [5, 5.41) is 6.32. The number of benzene rings is 1. The van der Waals surface area contributed by atoms with Crippen LogP contribution in [0.3, 0.4) is 0 Å². The van der Waals surface area contributed by atoms with Crippen molar-refractivity contribution >= 4 is 5.91 Å². The van der Waals surface area contributed by atoms with Gasteiger partial charge in [0, 0.05) is 19.0 Å². The fourth-order valence-corrected chi connectivity index (χ4v) is 2.51. The molecule has 1 aromatic rings. The van der Waals surface area contributed by atoms with Gasteiger partial charge in [0.1, 0.15) is 5.75 Å². The van der Waals surface area contributed by atoms with Gasteiger partial charge >= 0.3 is 0 Å². The van der Waals surface area contributed by atoms with Gasteiger partial charge in [-0.3, -0.25) is 4.79 Å². The van der Waals surface area contributed by atoms with E-state index in [9.17, 15) is 4.79 Å². The van der Waals surface area contributed by atoms with Crippen molar-refractivity contribution < 1.29 is 9.53 Å². The summed E-state index contributed by atoms with van der Waals surface area (Å²) in [6, 6.07) is 8.46. The quantitative estimate of drug-likeness (QED) is 0.723. The predicted molar refractivity (Wildman–Crippen MR) is 84.6 cm³/mol. The van der Waals surface area contributed by atoms with Crippen LogP contribution in [-0.4, -0.2) is 31.6 Å². The van der Waals surface area contributed by atoms with Crippen LogP contribution in [0.4, 0.5) is 0 Å². The summed E-state index contributed by atoms with van der Waals surface area (Å²) in [5.74, 6) is 1.07. The van der Waals surface area contributed by atoms with Crippen LogP contribution >= 0.6 is 0 Å². The van der Waals surface area contributed by atoms with Crippen LogP contribution in [0.25, 0.3) is 0 Å². The molecule has 0 bridgehead atoms. The van der Waals surface area contributed by atoms with Crippen molar-refractivity contribution in [2.75, 3.05) is 19.7 Å². The lowest BCUT2D eigenvalue weighted by Crippen LogP contribution is -2.32. The fraction of sp³-hybridized carbons (Fsp3) is 0.588. The maximum atomic E-state index is 11.7. The maximum Gasteiger partial charge on any atom is 0.221 e. The molecule has 1 heterocycles. The third-order valence-corrected chi connectivity index (χ3v) is 3.78. The largest absolute Gasteiger partial charge is 0.494 e. The Balaban J connectivity index is 1.47. The molecule has 21 heavy (non-hydrogen) atoms. The van der Waals surface area contributed by atoms with Gasteiger partial charge in [0.05, 0.1) is 6.61 Å². The van der Waals surface area contributed by atoms with E-state index in [1.807, 2.05) is 24.3 Å². The Hall–Kier alpha value is -1.55. The summed E-state index contributed by atoms with van der Waals surface area (Å²) in [6.45, 7) is 4.55. The van der Waals surface area contributed by atoms with Crippen molar-refractivity contribution in [1.29, 1.82) is 0 Å². The zero-order valence-corrected chi connectivity index (χ0v) is 12.9. The molecule has 1 aromatic carbocycles. The highest BCUT2D eigenvalue weighted by molar-refractivity contribution is 5.76. The number of nitrogens with one attached hydrogen (secondary N) is 2. The number of aryl methyl sites for hydroxylation is 1. The van der Waals surface area contributed by atoms with E-state index in [0.29, 0.717) is 19.1 Å². The molecule has 1 fully saturated rings. The normalized spacial score (nSPS) is 17.7. The van der Waals surface area contributed by atoms with Gasteiger partial charge in [0.15, 0.2) is 0 Å². The zero-order chi connectivity index (χ0) is 14.9. The first kappa shape index (κ1) is 15.8. The Morgan fingerprint density at radius 3 is 2.86 bits per heavy atom. The molecule has 116 valence electrons. The van der Waals surface area contributed by atoms with Gasteiger partial charge in [-0.05, 0) is 51.3 Å². The van der Waals surface area contributed by atoms with E-state index in [0.717, 1.165) is 38.1 Å². The zero-order valence-electron chi connectivity index (χ0n) is 12.9. The van der Waals surface area contributed by atoms with E-state index in [-0.39, 0.29) is 5.91 Å². The van der Waals surface area contributed by atoms with Crippen molar-refractivity contribution in [2.45, 2.75) is 45.1 Å². The first-order chi connectivity index (χ1) is 10.2. The fourth-order valence-electron chi connectivity index (χ4n) is 2.51. The second-order valence-corrected chi connectivity index (χ2v) is 5.72. The van der Waals surface area contributed by atoms with Crippen LogP contribution in [0.2, 0.25) is 0 Å². The highest BCUT2D eigenvalue weighted by Gasteiger charge is 2.16. The monoisotopic (exact) mass is 290 g/mol. The third-order valence-electron chi connectivity index (χ3n) is 3.78. The Kier molecular flexibility index (Phi) is 6.54. The molecule has 2 rings (SSSR count). The topological polar surface area (TPSA) is 50.4 Å². The molecule has 0 spiro atoms. The molecule has 1 atom stereocenters. The number of hydrogen-bond acceptors (Lipinski definition) is 3. The molecule has 4 nitrogen and oxygen atoms in total. The van der Waals surface area contributed by atoms with Gasteiger partial charge in [-0.15, -0.1) is 0 Å². The summed E-state index contributed by atoms with van der Waals surface area (Å²) < 4.78 is 5.65. The molecule has 1 aliphatic rings. The molecule has 1 unspecified atom stereocenters. The molecule has 0 aliphatic carbocycles. The number of ether oxygens (including phenoxy) is 1. The van der Waals surface area contributed by atoms with Crippen LogP contribution in [0.5, 0.6) is 5.75 Å². The van der Waals surface area contributed by atoms with E-state index in [4.69, 9.17) is 4.74 Å². The summed E-state index contributed by atoms with van der Waals surface area (Å²) in [7, 11) is 0. The Morgan fingerprint density at radius 1 is 1.33 bits per heavy atom. The first-order valence-corrected chi connectivity index (χ1v) is 7.93. The lowest BCUT2D eigenvalue weighted by Gasteiger charge is -2.10. The molecule has 4 heteroatoms. The Labute approximate surface area is 127 Å². The smallest absolute Gasteiger partial charge is 0.221 e. The number of carbonyl (C=O) groups is 1. The molecule has 0 aromatic heterocycles. The van der Waals surface area contributed by atoms with E-state index in [1.165, 1.54) is 12.0 Å². The van der Waals surface area contributed by atoms with E-state index in [2.05, 4.69) is 17.6 Å². The SMILES string of the molecule is Cc1ccc(OCCCCNC(=O)CC2CCCN2)cc1. The van der Waals surface area contributed by atoms with Crippen LogP contribution in [0.1, 0.15) is 37.7 Å². The van der Waals surface area contributed by atoms with Crippen LogP contribution in [0.15, 0.2) is 24.3 Å². The number of carbonyl (C=O) groups excluding carboxylic acids is 1. The van der Waals surface area contributed by atoms with Crippen molar-refractivity contribution in [2.24, 2.45) is 0 Å². The third kappa shape index (κ3) is 6.17. The molecular weight excluding hydrogens is 264 g/mol. The van der Waals surface area contributed by atoms with Crippen LogP contribution in [0, 0.1) is 6.92 Å². The van der Waals surface area contributed by atoms with Gasteiger partial charge in [-0.2, -0.15) is 0 Å². The predicted octanol–water partition coefficient (Wildman–Crippen LogP) is 2.41. The van der Waals surface area contributed by atoms with Crippen LogP contribution in [-0.2, 0) is 4.79 Å². The molecule has 0 radical (unpaired) electrons. The summed E-state index contributed by atoms with van der Waals surface area (Å²) in [4.78, 5) is 11.7. The number of hydrogen-bond donors (Lipinski definition) is 2. The minimum absolute atomic E-state index is 0.161. The lowest BCUT2D eigenvalue weighted by molar-refractivity contribution is -0.121. The Morgan fingerprint density at radius 2 is 2.14 bits per heavy atom. The van der Waals surface area contributed by atoms with Crippen molar-refractivity contribution in [3.63, 3.8) is 0 Å². The molecule has 1 aliphatic heterocycles. The highest BCUT2D eigenvalue weighted by Crippen LogP contribution is 2.11. The summed E-state index contributed by atoms with van der Waals surface area (Å²) >= 11 is 0. The van der Waals surface area contributed by atoms with Crippen molar-refractivity contribution in [1.82, 2.24) is 10.6 Å². The van der Waals surface area contributed by atoms with Crippen LogP contribution < -0.4 is 15.4 Å². The van der Waals surface area contributed by atoms with E-state index < -0.39 is 0 Å². The van der Waals surface area contributed by atoms with Gasteiger partial charge < -0.3 is 15.4 Å². The molecular formula is C17H26N2O2. The van der Waals surface area contributed by atoms with Crippen molar-refractivity contribution in [3.05, 3.63) is 29.8 Å². The Bertz CT molecular complexity index is 425. The molecule has 1 saturated heterocycles. The minimum Gasteiger partial charge on any atom is -0.494 e. The van der Waals surface area contributed by atoms with Gasteiger partial charge in [-0.25, -0.2) is 0 Å². The van der Waals surface area contributed by atoms with E-state index >= 15 is 0 Å². The average molecular weight is 290 g/mol. The second kappa shape index (κ2) is 8.67. The number of unbranched alkanes of at least 4 members (excludes halogenated alkanes) is 1.